The first kappa shape index (κ1) is 12.6. The number of nitriles is 1. The molecule has 0 bridgehead atoms. The molecule has 3 heteroatoms. The summed E-state index contributed by atoms with van der Waals surface area (Å²) in [6.45, 7) is 1.56. The topological polar surface area (TPSA) is 53.8 Å². The molecule has 2 rings (SSSR count). The average Bonchev–Trinajstić information content (AvgIpc) is 2.41. The van der Waals surface area contributed by atoms with E-state index in [4.69, 9.17) is 5.26 Å². The van der Waals surface area contributed by atoms with Gasteiger partial charge in [0.05, 0.1) is 11.6 Å². The van der Waals surface area contributed by atoms with Crippen molar-refractivity contribution >= 4 is 5.78 Å². The zero-order valence-electron chi connectivity index (χ0n) is 9.50. The molecule has 17 heavy (non-hydrogen) atoms. The average molecular weight is 224 g/mol. The standard InChI is InChI=1S/C8H8O.C6H4N2/c1-7(9)8-5-3-2-4-6-8;7-5-6-1-3-8-4-2-6/h2-6H,1H3;1-4H. The van der Waals surface area contributed by atoms with Crippen molar-refractivity contribution in [3.8, 4) is 6.07 Å². The van der Waals surface area contributed by atoms with E-state index in [-0.39, 0.29) is 5.78 Å². The number of benzene rings is 1. The Morgan fingerprint density at radius 2 is 1.71 bits per heavy atom. The maximum atomic E-state index is 10.6. The van der Waals surface area contributed by atoms with E-state index in [0.717, 1.165) is 5.56 Å². The third kappa shape index (κ3) is 4.72. The Kier molecular flexibility index (Phi) is 5.12. The number of pyridine rings is 1. The number of nitrogens with zero attached hydrogens (tertiary/aromatic N) is 2. The van der Waals surface area contributed by atoms with Crippen LogP contribution in [-0.4, -0.2) is 10.8 Å². The van der Waals surface area contributed by atoms with Crippen LogP contribution < -0.4 is 0 Å². The third-order valence-electron chi connectivity index (χ3n) is 1.99. The molecule has 0 fully saturated rings. The van der Waals surface area contributed by atoms with Crippen LogP contribution in [0.4, 0.5) is 0 Å². The van der Waals surface area contributed by atoms with E-state index in [0.29, 0.717) is 5.56 Å². The molecule has 1 aromatic heterocycles. The van der Waals surface area contributed by atoms with E-state index in [9.17, 15) is 4.79 Å². The maximum Gasteiger partial charge on any atom is 0.159 e. The van der Waals surface area contributed by atoms with Gasteiger partial charge in [0.1, 0.15) is 0 Å². The molecule has 0 saturated carbocycles. The molecule has 0 aliphatic carbocycles. The molecule has 0 N–H and O–H groups in total. The van der Waals surface area contributed by atoms with E-state index >= 15 is 0 Å². The third-order valence-corrected chi connectivity index (χ3v) is 1.99. The largest absolute Gasteiger partial charge is 0.295 e. The van der Waals surface area contributed by atoms with Gasteiger partial charge < -0.3 is 0 Å². The predicted octanol–water partition coefficient (Wildman–Crippen LogP) is 2.84. The van der Waals surface area contributed by atoms with E-state index in [2.05, 4.69) is 4.98 Å². The molecule has 84 valence electrons. The Hall–Kier alpha value is -2.47. The monoisotopic (exact) mass is 224 g/mol. The molecular weight excluding hydrogens is 212 g/mol. The van der Waals surface area contributed by atoms with Gasteiger partial charge in [0, 0.05) is 18.0 Å². The van der Waals surface area contributed by atoms with Gasteiger partial charge in [-0.15, -0.1) is 0 Å². The quantitative estimate of drug-likeness (QED) is 0.700. The molecule has 3 nitrogen and oxygen atoms in total. The van der Waals surface area contributed by atoms with Crippen LogP contribution in [0.5, 0.6) is 0 Å². The van der Waals surface area contributed by atoms with Crippen molar-refractivity contribution in [2.75, 3.05) is 0 Å². The summed E-state index contributed by atoms with van der Waals surface area (Å²) >= 11 is 0. The van der Waals surface area contributed by atoms with Gasteiger partial charge in [-0.05, 0) is 19.1 Å². The molecule has 0 spiro atoms. The normalized spacial score (nSPS) is 8.47. The number of hydrogen-bond donors (Lipinski definition) is 0. The molecular formula is C14H12N2O. The second kappa shape index (κ2) is 6.91. The lowest BCUT2D eigenvalue weighted by Crippen LogP contribution is -1.88. The first-order valence-electron chi connectivity index (χ1n) is 5.10. The number of Topliss-reactive ketones (excluding diaryl/α,β-unsaturated/α-hetero) is 1. The van der Waals surface area contributed by atoms with Crippen molar-refractivity contribution in [2.45, 2.75) is 6.92 Å². The summed E-state index contributed by atoms with van der Waals surface area (Å²) in [7, 11) is 0. The molecule has 1 heterocycles. The van der Waals surface area contributed by atoms with E-state index < -0.39 is 0 Å². The first-order chi connectivity index (χ1) is 8.24. The minimum atomic E-state index is 0.121. The molecule has 0 unspecified atom stereocenters. The Labute approximate surface area is 100 Å². The highest BCUT2D eigenvalue weighted by Gasteiger charge is 1.92. The minimum absolute atomic E-state index is 0.121. The number of ketones is 1. The van der Waals surface area contributed by atoms with Gasteiger partial charge in [-0.1, -0.05) is 30.3 Å². The van der Waals surface area contributed by atoms with Crippen molar-refractivity contribution in [3.05, 3.63) is 66.0 Å². The van der Waals surface area contributed by atoms with Crippen LogP contribution in [-0.2, 0) is 0 Å². The van der Waals surface area contributed by atoms with Gasteiger partial charge in [-0.25, -0.2) is 0 Å². The van der Waals surface area contributed by atoms with E-state index in [1.54, 1.807) is 31.5 Å². The van der Waals surface area contributed by atoms with Crippen LogP contribution in [0.25, 0.3) is 0 Å². The molecule has 0 saturated heterocycles. The highest BCUT2D eigenvalue weighted by atomic mass is 16.1. The lowest BCUT2D eigenvalue weighted by Gasteiger charge is -1.89. The number of aromatic nitrogens is 1. The summed E-state index contributed by atoms with van der Waals surface area (Å²) < 4.78 is 0. The van der Waals surface area contributed by atoms with Gasteiger partial charge in [0.2, 0.25) is 0 Å². The molecule has 0 aliphatic rings. The fraction of sp³-hybridized carbons (Fsp3) is 0.0714. The van der Waals surface area contributed by atoms with Crippen molar-refractivity contribution < 1.29 is 4.79 Å². The second-order valence-corrected chi connectivity index (χ2v) is 3.27. The Balaban J connectivity index is 0.000000171. The number of carbonyl (C=O) groups excluding carboxylic acids is 1. The van der Waals surface area contributed by atoms with E-state index in [1.807, 2.05) is 36.4 Å². The first-order valence-corrected chi connectivity index (χ1v) is 5.10. The summed E-state index contributed by atoms with van der Waals surface area (Å²) in [5.74, 6) is 0.121. The Bertz CT molecular complexity index is 501. The zero-order chi connectivity index (χ0) is 12.5. The number of carbonyl (C=O) groups is 1. The van der Waals surface area contributed by atoms with Gasteiger partial charge in [-0.3, -0.25) is 9.78 Å². The highest BCUT2D eigenvalue weighted by Crippen LogP contribution is 1.97. The predicted molar refractivity (Wildman–Crippen MR) is 65.4 cm³/mol. The zero-order valence-corrected chi connectivity index (χ0v) is 9.50. The molecule has 0 amide bonds. The smallest absolute Gasteiger partial charge is 0.159 e. The lowest BCUT2D eigenvalue weighted by molar-refractivity contribution is 0.101. The number of rotatable bonds is 1. The summed E-state index contributed by atoms with van der Waals surface area (Å²) in [5.41, 5.74) is 1.43. The minimum Gasteiger partial charge on any atom is -0.295 e. The van der Waals surface area contributed by atoms with Crippen LogP contribution in [0.15, 0.2) is 54.9 Å². The summed E-state index contributed by atoms with van der Waals surface area (Å²) in [4.78, 5) is 14.4. The van der Waals surface area contributed by atoms with Crippen LogP contribution in [0, 0.1) is 11.3 Å². The van der Waals surface area contributed by atoms with Gasteiger partial charge in [0.15, 0.2) is 5.78 Å². The summed E-state index contributed by atoms with van der Waals surface area (Å²) in [5, 5.41) is 8.26. The molecule has 2 aromatic rings. The Morgan fingerprint density at radius 3 is 2.06 bits per heavy atom. The van der Waals surface area contributed by atoms with Crippen LogP contribution in [0.2, 0.25) is 0 Å². The van der Waals surface area contributed by atoms with Gasteiger partial charge in [0.25, 0.3) is 0 Å². The summed E-state index contributed by atoms with van der Waals surface area (Å²) in [6.07, 6.45) is 3.19. The fourth-order valence-electron chi connectivity index (χ4n) is 1.10. The van der Waals surface area contributed by atoms with Crippen molar-refractivity contribution in [1.82, 2.24) is 4.98 Å². The summed E-state index contributed by atoms with van der Waals surface area (Å²) in [6, 6.07) is 14.5. The molecule has 0 aliphatic heterocycles. The second-order valence-electron chi connectivity index (χ2n) is 3.27. The van der Waals surface area contributed by atoms with Crippen molar-refractivity contribution in [2.24, 2.45) is 0 Å². The number of hydrogen-bond acceptors (Lipinski definition) is 3. The highest BCUT2D eigenvalue weighted by molar-refractivity contribution is 5.93. The van der Waals surface area contributed by atoms with E-state index in [1.165, 1.54) is 0 Å². The van der Waals surface area contributed by atoms with Gasteiger partial charge >= 0.3 is 0 Å². The van der Waals surface area contributed by atoms with Gasteiger partial charge in [-0.2, -0.15) is 5.26 Å². The SMILES string of the molecule is CC(=O)c1ccccc1.N#Cc1ccncc1. The molecule has 1 aromatic carbocycles. The lowest BCUT2D eigenvalue weighted by atomic mass is 10.2. The van der Waals surface area contributed by atoms with Crippen LogP contribution >= 0.6 is 0 Å². The van der Waals surface area contributed by atoms with Crippen molar-refractivity contribution in [1.29, 1.82) is 5.26 Å². The Morgan fingerprint density at radius 1 is 1.12 bits per heavy atom. The maximum absolute atomic E-state index is 10.6. The molecule has 0 atom stereocenters. The van der Waals surface area contributed by atoms with Crippen LogP contribution in [0.3, 0.4) is 0 Å². The molecule has 0 radical (unpaired) electrons. The van der Waals surface area contributed by atoms with Crippen LogP contribution in [0.1, 0.15) is 22.8 Å². The van der Waals surface area contributed by atoms with Crippen molar-refractivity contribution in [3.63, 3.8) is 0 Å². The fourth-order valence-corrected chi connectivity index (χ4v) is 1.10.